The minimum atomic E-state index is -3.81. The molecule has 24 heavy (non-hydrogen) atoms. The first-order valence-electron chi connectivity index (χ1n) is 7.50. The van der Waals surface area contributed by atoms with Gasteiger partial charge in [0.05, 0.1) is 4.90 Å². The van der Waals surface area contributed by atoms with Crippen molar-refractivity contribution in [1.29, 1.82) is 0 Å². The van der Waals surface area contributed by atoms with Gasteiger partial charge in [0, 0.05) is 32.7 Å². The molecule has 1 fully saturated rings. The highest BCUT2D eigenvalue weighted by molar-refractivity contribution is 7.89. The second-order valence-corrected chi connectivity index (χ2v) is 7.44. The first-order chi connectivity index (χ1) is 11.3. The molecule has 0 aromatic heterocycles. The number of likely N-dealkylation sites (N-methyl/N-ethyl adjacent to an activating group) is 2. The van der Waals surface area contributed by atoms with Gasteiger partial charge in [-0.05, 0) is 30.7 Å². The lowest BCUT2D eigenvalue weighted by molar-refractivity contribution is -0.127. The van der Waals surface area contributed by atoms with Crippen molar-refractivity contribution in [1.82, 2.24) is 14.5 Å². The number of carbonyl (C=O) groups excluding carboxylic acids is 2. The van der Waals surface area contributed by atoms with Crippen LogP contribution in [0.5, 0.6) is 0 Å². The van der Waals surface area contributed by atoms with Crippen molar-refractivity contribution in [3.63, 3.8) is 0 Å². The van der Waals surface area contributed by atoms with Crippen molar-refractivity contribution in [2.75, 3.05) is 27.2 Å². The predicted octanol–water partition coefficient (Wildman–Crippen LogP) is 0.454. The van der Waals surface area contributed by atoms with E-state index in [1.165, 1.54) is 34.1 Å². The summed E-state index contributed by atoms with van der Waals surface area (Å²) >= 11 is 0. The third-order valence-electron chi connectivity index (χ3n) is 3.89. The van der Waals surface area contributed by atoms with E-state index in [1.807, 2.05) is 0 Å². The van der Waals surface area contributed by atoms with E-state index in [-0.39, 0.29) is 16.7 Å². The van der Waals surface area contributed by atoms with Crippen LogP contribution < -0.4 is 4.72 Å². The quantitative estimate of drug-likeness (QED) is 0.754. The number of carbonyl (C=O) groups is 2. The van der Waals surface area contributed by atoms with E-state index < -0.39 is 16.1 Å². The maximum Gasteiger partial charge on any atom is 0.253 e. The van der Waals surface area contributed by atoms with Gasteiger partial charge in [-0.1, -0.05) is 6.08 Å². The Morgan fingerprint density at radius 2 is 2.04 bits per heavy atom. The Balaban J connectivity index is 2.13. The van der Waals surface area contributed by atoms with Gasteiger partial charge in [-0.2, -0.15) is 4.72 Å². The zero-order chi connectivity index (χ0) is 17.9. The van der Waals surface area contributed by atoms with E-state index in [1.54, 1.807) is 20.2 Å². The van der Waals surface area contributed by atoms with E-state index in [4.69, 9.17) is 0 Å². The van der Waals surface area contributed by atoms with Crippen molar-refractivity contribution in [2.45, 2.75) is 17.4 Å². The Hall–Kier alpha value is -2.19. The number of nitrogens with zero attached hydrogens (tertiary/aromatic N) is 2. The van der Waals surface area contributed by atoms with Crippen LogP contribution >= 0.6 is 0 Å². The van der Waals surface area contributed by atoms with Crippen LogP contribution in [-0.4, -0.2) is 63.3 Å². The van der Waals surface area contributed by atoms with Gasteiger partial charge in [-0.3, -0.25) is 9.59 Å². The third kappa shape index (κ3) is 3.82. The van der Waals surface area contributed by atoms with E-state index in [0.717, 1.165) is 0 Å². The summed E-state index contributed by atoms with van der Waals surface area (Å²) < 4.78 is 27.2. The maximum atomic E-state index is 12.4. The van der Waals surface area contributed by atoms with Crippen LogP contribution in [-0.2, 0) is 14.8 Å². The van der Waals surface area contributed by atoms with Gasteiger partial charge < -0.3 is 9.80 Å². The molecule has 8 heteroatoms. The molecule has 130 valence electrons. The lowest BCUT2D eigenvalue weighted by Crippen LogP contribution is -2.40. The molecule has 1 aliphatic heterocycles. The summed E-state index contributed by atoms with van der Waals surface area (Å²) in [7, 11) is -0.539. The normalized spacial score (nSPS) is 17.8. The monoisotopic (exact) mass is 351 g/mol. The molecule has 2 amide bonds. The molecule has 2 rings (SSSR count). The molecule has 0 saturated carbocycles. The van der Waals surface area contributed by atoms with Crippen molar-refractivity contribution in [3.8, 4) is 0 Å². The fourth-order valence-corrected chi connectivity index (χ4v) is 3.68. The molecule has 1 atom stereocenters. The number of amides is 2. The van der Waals surface area contributed by atoms with Crippen LogP contribution in [0.15, 0.2) is 41.8 Å². The molecule has 0 aliphatic carbocycles. The summed E-state index contributed by atoms with van der Waals surface area (Å²) in [5.41, 5.74) is 0.384. The highest BCUT2D eigenvalue weighted by atomic mass is 32.2. The number of nitrogens with one attached hydrogen (secondary N) is 1. The van der Waals surface area contributed by atoms with Gasteiger partial charge in [0.25, 0.3) is 5.91 Å². The average molecular weight is 351 g/mol. The summed E-state index contributed by atoms with van der Waals surface area (Å²) in [6, 6.07) is 4.90. The molecule has 1 aromatic carbocycles. The largest absolute Gasteiger partial charge is 0.344 e. The molecule has 7 nitrogen and oxygen atoms in total. The SMILES string of the molecule is C=CCN(C)C(=O)c1ccc(S(=O)(=O)N[C@H]2CCN(C)C2=O)cc1. The minimum absolute atomic E-state index is 0.0211. The van der Waals surface area contributed by atoms with Crippen molar-refractivity contribution in [2.24, 2.45) is 0 Å². The van der Waals surface area contributed by atoms with E-state index >= 15 is 0 Å². The molecule has 1 saturated heterocycles. The topological polar surface area (TPSA) is 86.8 Å². The van der Waals surface area contributed by atoms with Gasteiger partial charge in [-0.25, -0.2) is 8.42 Å². The van der Waals surface area contributed by atoms with E-state index in [9.17, 15) is 18.0 Å². The van der Waals surface area contributed by atoms with Crippen molar-refractivity contribution < 1.29 is 18.0 Å². The standard InChI is InChI=1S/C16H21N3O4S/c1-4-10-18(2)15(20)12-5-7-13(8-6-12)24(22,23)17-14-9-11-19(3)16(14)21/h4-8,14,17H,1,9-11H2,2-3H3/t14-/m0/s1. The number of rotatable bonds is 6. The Kier molecular flexibility index (Phi) is 5.40. The molecule has 0 unspecified atom stereocenters. The Bertz CT molecular complexity index is 743. The molecule has 1 heterocycles. The smallest absolute Gasteiger partial charge is 0.253 e. The Labute approximate surface area is 142 Å². The summed E-state index contributed by atoms with van der Waals surface area (Å²) in [4.78, 5) is 26.9. The van der Waals surface area contributed by atoms with E-state index in [2.05, 4.69) is 11.3 Å². The van der Waals surface area contributed by atoms with Crippen LogP contribution in [0, 0.1) is 0 Å². The molecular formula is C16H21N3O4S. The first kappa shape index (κ1) is 18.2. The van der Waals surface area contributed by atoms with Gasteiger partial charge in [-0.15, -0.1) is 6.58 Å². The Morgan fingerprint density at radius 1 is 1.42 bits per heavy atom. The third-order valence-corrected chi connectivity index (χ3v) is 5.37. The summed E-state index contributed by atoms with van der Waals surface area (Å²) in [5.74, 6) is -0.462. The lowest BCUT2D eigenvalue weighted by Gasteiger charge is -2.15. The Morgan fingerprint density at radius 3 is 2.54 bits per heavy atom. The summed E-state index contributed by atoms with van der Waals surface area (Å²) in [5, 5.41) is 0. The fourth-order valence-electron chi connectivity index (χ4n) is 2.46. The number of hydrogen-bond acceptors (Lipinski definition) is 4. The number of sulfonamides is 1. The molecular weight excluding hydrogens is 330 g/mol. The average Bonchev–Trinajstić information content (AvgIpc) is 2.86. The van der Waals surface area contributed by atoms with Crippen molar-refractivity contribution >= 4 is 21.8 Å². The molecule has 1 aromatic rings. The zero-order valence-electron chi connectivity index (χ0n) is 13.7. The van der Waals surface area contributed by atoms with Crippen LogP contribution in [0.1, 0.15) is 16.8 Å². The second-order valence-electron chi connectivity index (χ2n) is 5.72. The minimum Gasteiger partial charge on any atom is -0.344 e. The van der Waals surface area contributed by atoms with Crippen LogP contribution in [0.3, 0.4) is 0 Å². The van der Waals surface area contributed by atoms with Gasteiger partial charge in [0.15, 0.2) is 0 Å². The van der Waals surface area contributed by atoms with Crippen molar-refractivity contribution in [3.05, 3.63) is 42.5 Å². The number of benzene rings is 1. The summed E-state index contributed by atoms with van der Waals surface area (Å²) in [6.45, 7) is 4.49. The van der Waals surface area contributed by atoms with E-state index in [0.29, 0.717) is 25.1 Å². The van der Waals surface area contributed by atoms with Gasteiger partial charge >= 0.3 is 0 Å². The molecule has 0 bridgehead atoms. The predicted molar refractivity (Wildman–Crippen MR) is 90.0 cm³/mol. The van der Waals surface area contributed by atoms with Crippen LogP contribution in [0.4, 0.5) is 0 Å². The second kappa shape index (κ2) is 7.14. The molecule has 0 radical (unpaired) electrons. The van der Waals surface area contributed by atoms with Crippen LogP contribution in [0.25, 0.3) is 0 Å². The van der Waals surface area contributed by atoms with Gasteiger partial charge in [0.2, 0.25) is 15.9 Å². The lowest BCUT2D eigenvalue weighted by atomic mass is 10.2. The first-order valence-corrected chi connectivity index (χ1v) is 8.98. The molecule has 1 aliphatic rings. The highest BCUT2D eigenvalue weighted by Gasteiger charge is 2.32. The summed E-state index contributed by atoms with van der Waals surface area (Å²) in [6.07, 6.45) is 2.05. The zero-order valence-corrected chi connectivity index (χ0v) is 14.5. The highest BCUT2D eigenvalue weighted by Crippen LogP contribution is 2.16. The fraction of sp³-hybridized carbons (Fsp3) is 0.375. The molecule has 1 N–H and O–H groups in total. The number of hydrogen-bond donors (Lipinski definition) is 1. The van der Waals surface area contributed by atoms with Gasteiger partial charge in [0.1, 0.15) is 6.04 Å². The maximum absolute atomic E-state index is 12.4. The molecule has 0 spiro atoms. The van der Waals surface area contributed by atoms with Crippen LogP contribution in [0.2, 0.25) is 0 Å². The number of likely N-dealkylation sites (tertiary alicyclic amines) is 1.